The summed E-state index contributed by atoms with van der Waals surface area (Å²) in [5, 5.41) is 8.28. The fraction of sp³-hybridized carbons (Fsp3) is 0.333. The molecule has 4 N–H and O–H groups in total. The summed E-state index contributed by atoms with van der Waals surface area (Å²) in [5.74, 6) is 0.646. The molecule has 0 spiro atoms. The lowest BCUT2D eigenvalue weighted by atomic mass is 10.3. The Hall–Kier alpha value is -1.90. The van der Waals surface area contributed by atoms with Crippen molar-refractivity contribution in [2.24, 2.45) is 0 Å². The van der Waals surface area contributed by atoms with Gasteiger partial charge in [-0.1, -0.05) is 0 Å². The molecular weight excluding hydrogens is 156 g/mol. The standard InChI is InChI=1S/C6H8N6/c7-3-1-2-4-10-5(8)12-6(9)11-4/h1-2H2,(H4,8,9,10,11,12). The van der Waals surface area contributed by atoms with Crippen LogP contribution >= 0.6 is 0 Å². The molecular formula is C6H8N6. The molecule has 6 heteroatoms. The summed E-state index contributed by atoms with van der Waals surface area (Å²) in [7, 11) is 0. The molecule has 0 unspecified atom stereocenters. The summed E-state index contributed by atoms with van der Waals surface area (Å²) in [6.45, 7) is 0. The van der Waals surface area contributed by atoms with E-state index in [-0.39, 0.29) is 11.9 Å². The van der Waals surface area contributed by atoms with E-state index in [0.717, 1.165) is 0 Å². The Labute approximate surface area is 69.3 Å². The summed E-state index contributed by atoms with van der Waals surface area (Å²) in [4.78, 5) is 11.2. The number of hydrogen-bond acceptors (Lipinski definition) is 6. The average Bonchev–Trinajstić information content (AvgIpc) is 1.99. The second-order valence-electron chi connectivity index (χ2n) is 2.13. The molecule has 1 rings (SSSR count). The first-order valence-electron chi connectivity index (χ1n) is 3.35. The summed E-state index contributed by atoms with van der Waals surface area (Å²) in [6.07, 6.45) is 0.802. The van der Waals surface area contributed by atoms with Crippen molar-refractivity contribution in [1.29, 1.82) is 5.26 Å². The van der Waals surface area contributed by atoms with Gasteiger partial charge in [0.15, 0.2) is 0 Å². The normalized spacial score (nSPS) is 9.25. The zero-order valence-electron chi connectivity index (χ0n) is 6.36. The molecule has 1 aromatic heterocycles. The number of nitriles is 1. The molecule has 0 saturated heterocycles. The molecule has 0 aromatic carbocycles. The number of aromatic nitrogens is 3. The third kappa shape index (κ3) is 2.05. The average molecular weight is 164 g/mol. The molecule has 0 aliphatic carbocycles. The fourth-order valence-electron chi connectivity index (χ4n) is 0.736. The summed E-state index contributed by atoms with van der Waals surface area (Å²) in [5.41, 5.74) is 10.6. The highest BCUT2D eigenvalue weighted by Crippen LogP contribution is 2.00. The van der Waals surface area contributed by atoms with Crippen LogP contribution in [0.25, 0.3) is 0 Å². The first-order chi connectivity index (χ1) is 5.72. The maximum atomic E-state index is 8.28. The van der Waals surface area contributed by atoms with E-state index in [2.05, 4.69) is 15.0 Å². The second kappa shape index (κ2) is 3.48. The van der Waals surface area contributed by atoms with Crippen LogP contribution in [-0.2, 0) is 6.42 Å². The number of nitrogens with two attached hydrogens (primary N) is 2. The Morgan fingerprint density at radius 2 is 1.75 bits per heavy atom. The largest absolute Gasteiger partial charge is 0.368 e. The first-order valence-corrected chi connectivity index (χ1v) is 3.35. The Bertz CT molecular complexity index is 294. The monoisotopic (exact) mass is 164 g/mol. The second-order valence-corrected chi connectivity index (χ2v) is 2.13. The van der Waals surface area contributed by atoms with E-state index in [1.165, 1.54) is 0 Å². The summed E-state index contributed by atoms with van der Waals surface area (Å²) >= 11 is 0. The molecule has 1 heterocycles. The van der Waals surface area contributed by atoms with Crippen molar-refractivity contribution in [3.8, 4) is 6.07 Å². The van der Waals surface area contributed by atoms with Crippen LogP contribution in [0.4, 0.5) is 11.9 Å². The van der Waals surface area contributed by atoms with E-state index in [9.17, 15) is 0 Å². The Balaban J connectivity index is 2.80. The van der Waals surface area contributed by atoms with Gasteiger partial charge in [-0.05, 0) is 0 Å². The van der Waals surface area contributed by atoms with Gasteiger partial charge in [-0.2, -0.15) is 20.2 Å². The summed E-state index contributed by atoms with van der Waals surface area (Å²) < 4.78 is 0. The van der Waals surface area contributed by atoms with Gasteiger partial charge in [0, 0.05) is 12.8 Å². The van der Waals surface area contributed by atoms with Crippen molar-refractivity contribution in [1.82, 2.24) is 15.0 Å². The van der Waals surface area contributed by atoms with E-state index in [0.29, 0.717) is 18.7 Å². The third-order valence-corrected chi connectivity index (χ3v) is 1.18. The quantitative estimate of drug-likeness (QED) is 0.608. The van der Waals surface area contributed by atoms with Crippen LogP contribution in [0, 0.1) is 11.3 Å². The van der Waals surface area contributed by atoms with Crippen LogP contribution in [0.15, 0.2) is 0 Å². The van der Waals surface area contributed by atoms with E-state index < -0.39 is 0 Å². The van der Waals surface area contributed by atoms with Crippen LogP contribution in [0.5, 0.6) is 0 Å². The molecule has 0 radical (unpaired) electrons. The predicted octanol–water partition coefficient (Wildman–Crippen LogP) is -0.508. The molecule has 62 valence electrons. The number of aryl methyl sites for hydroxylation is 1. The van der Waals surface area contributed by atoms with Gasteiger partial charge < -0.3 is 11.5 Å². The van der Waals surface area contributed by atoms with E-state index in [1.807, 2.05) is 6.07 Å². The van der Waals surface area contributed by atoms with Crippen molar-refractivity contribution in [3.05, 3.63) is 5.82 Å². The van der Waals surface area contributed by atoms with Crippen LogP contribution in [0.1, 0.15) is 12.2 Å². The molecule has 0 atom stereocenters. The summed E-state index contributed by atoms with van der Waals surface area (Å²) in [6, 6.07) is 1.97. The highest BCUT2D eigenvalue weighted by molar-refractivity contribution is 5.25. The lowest BCUT2D eigenvalue weighted by molar-refractivity contribution is 0.870. The van der Waals surface area contributed by atoms with Gasteiger partial charge in [0.25, 0.3) is 0 Å². The molecule has 0 aliphatic heterocycles. The number of nitrogen functional groups attached to an aromatic ring is 2. The molecule has 6 nitrogen and oxygen atoms in total. The van der Waals surface area contributed by atoms with Crippen molar-refractivity contribution >= 4 is 11.9 Å². The van der Waals surface area contributed by atoms with Gasteiger partial charge in [0.2, 0.25) is 11.9 Å². The Morgan fingerprint density at radius 1 is 1.17 bits per heavy atom. The van der Waals surface area contributed by atoms with Gasteiger partial charge in [-0.3, -0.25) is 0 Å². The SMILES string of the molecule is N#CCCc1nc(N)nc(N)n1. The topological polar surface area (TPSA) is 114 Å². The van der Waals surface area contributed by atoms with Crippen LogP contribution < -0.4 is 11.5 Å². The highest BCUT2D eigenvalue weighted by Gasteiger charge is 2.00. The minimum Gasteiger partial charge on any atom is -0.368 e. The van der Waals surface area contributed by atoms with Crippen molar-refractivity contribution in [2.75, 3.05) is 11.5 Å². The van der Waals surface area contributed by atoms with E-state index in [1.54, 1.807) is 0 Å². The third-order valence-electron chi connectivity index (χ3n) is 1.18. The lowest BCUT2D eigenvalue weighted by Gasteiger charge is -1.97. The zero-order chi connectivity index (χ0) is 8.97. The Kier molecular flexibility index (Phi) is 2.38. The number of nitrogens with zero attached hydrogens (tertiary/aromatic N) is 4. The smallest absolute Gasteiger partial charge is 0.225 e. The first kappa shape index (κ1) is 8.20. The Morgan fingerprint density at radius 3 is 2.25 bits per heavy atom. The minimum atomic E-state index is 0.0930. The molecule has 1 aromatic rings. The van der Waals surface area contributed by atoms with Gasteiger partial charge in [0.1, 0.15) is 5.82 Å². The fourth-order valence-corrected chi connectivity index (χ4v) is 0.736. The van der Waals surface area contributed by atoms with Crippen molar-refractivity contribution in [2.45, 2.75) is 12.8 Å². The van der Waals surface area contributed by atoms with E-state index in [4.69, 9.17) is 16.7 Å². The van der Waals surface area contributed by atoms with Crippen LogP contribution in [0.3, 0.4) is 0 Å². The molecule has 0 saturated carbocycles. The molecule has 12 heavy (non-hydrogen) atoms. The highest BCUT2D eigenvalue weighted by atomic mass is 15.1. The lowest BCUT2D eigenvalue weighted by Crippen LogP contribution is -2.06. The molecule has 0 bridgehead atoms. The number of rotatable bonds is 2. The van der Waals surface area contributed by atoms with Crippen molar-refractivity contribution < 1.29 is 0 Å². The van der Waals surface area contributed by atoms with Crippen LogP contribution in [0.2, 0.25) is 0 Å². The number of anilines is 2. The number of hydrogen-bond donors (Lipinski definition) is 2. The minimum absolute atomic E-state index is 0.0930. The van der Waals surface area contributed by atoms with Gasteiger partial charge in [0.05, 0.1) is 6.07 Å². The molecule has 0 aliphatic rings. The molecule has 0 amide bonds. The predicted molar refractivity (Wildman–Crippen MR) is 42.6 cm³/mol. The molecule has 0 fully saturated rings. The van der Waals surface area contributed by atoms with Crippen LogP contribution in [-0.4, -0.2) is 15.0 Å². The van der Waals surface area contributed by atoms with Gasteiger partial charge in [-0.15, -0.1) is 0 Å². The zero-order valence-corrected chi connectivity index (χ0v) is 6.36. The van der Waals surface area contributed by atoms with Crippen molar-refractivity contribution in [3.63, 3.8) is 0 Å². The maximum absolute atomic E-state index is 8.28. The van der Waals surface area contributed by atoms with E-state index >= 15 is 0 Å². The van der Waals surface area contributed by atoms with Gasteiger partial charge >= 0.3 is 0 Å². The van der Waals surface area contributed by atoms with Gasteiger partial charge in [-0.25, -0.2) is 0 Å². The maximum Gasteiger partial charge on any atom is 0.225 e.